The summed E-state index contributed by atoms with van der Waals surface area (Å²) in [6, 6.07) is 10.9. The van der Waals surface area contributed by atoms with E-state index in [1.165, 1.54) is 5.56 Å². The van der Waals surface area contributed by atoms with Crippen LogP contribution in [-0.4, -0.2) is 49.7 Å². The van der Waals surface area contributed by atoms with E-state index in [-0.39, 0.29) is 5.91 Å². The first-order chi connectivity index (χ1) is 10.8. The standard InChI is InChI=1S/C18H28N2O2/c1-2-3-9-18(21)19-15-17(20-10-12-22-13-11-20)14-16-7-5-4-6-8-16/h4-8,17H,2-3,9-15H2,1H3,(H,19,21). The maximum atomic E-state index is 11.9. The third-order valence-corrected chi connectivity index (χ3v) is 4.17. The number of carbonyl (C=O) groups excluding carboxylic acids is 1. The van der Waals surface area contributed by atoms with Crippen molar-refractivity contribution in [2.45, 2.75) is 38.6 Å². The Bertz CT molecular complexity index is 430. The molecular formula is C18H28N2O2. The van der Waals surface area contributed by atoms with Gasteiger partial charge in [-0.15, -0.1) is 0 Å². The summed E-state index contributed by atoms with van der Waals surface area (Å²) in [5.74, 6) is 0.174. The Hall–Kier alpha value is -1.39. The van der Waals surface area contributed by atoms with E-state index in [4.69, 9.17) is 4.74 Å². The Morgan fingerprint density at radius 2 is 2.00 bits per heavy atom. The van der Waals surface area contributed by atoms with Crippen LogP contribution in [0.15, 0.2) is 30.3 Å². The first-order valence-electron chi connectivity index (χ1n) is 8.42. The second kappa shape index (κ2) is 9.59. The largest absolute Gasteiger partial charge is 0.379 e. The van der Waals surface area contributed by atoms with E-state index in [0.29, 0.717) is 12.5 Å². The second-order valence-corrected chi connectivity index (χ2v) is 5.90. The van der Waals surface area contributed by atoms with Crippen molar-refractivity contribution < 1.29 is 9.53 Å². The first-order valence-corrected chi connectivity index (χ1v) is 8.42. The van der Waals surface area contributed by atoms with Crippen LogP contribution in [0.2, 0.25) is 0 Å². The summed E-state index contributed by atoms with van der Waals surface area (Å²) in [6.45, 7) is 6.30. The van der Waals surface area contributed by atoms with Gasteiger partial charge in [-0.2, -0.15) is 0 Å². The van der Waals surface area contributed by atoms with Gasteiger partial charge in [-0.25, -0.2) is 0 Å². The lowest BCUT2D eigenvalue weighted by Gasteiger charge is -2.34. The van der Waals surface area contributed by atoms with Gasteiger partial charge >= 0.3 is 0 Å². The number of nitrogens with one attached hydrogen (secondary N) is 1. The average molecular weight is 304 g/mol. The zero-order valence-electron chi connectivity index (χ0n) is 13.6. The predicted octanol–water partition coefficient (Wildman–Crippen LogP) is 2.24. The van der Waals surface area contributed by atoms with Crippen molar-refractivity contribution in [3.63, 3.8) is 0 Å². The fourth-order valence-corrected chi connectivity index (χ4v) is 2.82. The Morgan fingerprint density at radius 3 is 2.68 bits per heavy atom. The van der Waals surface area contributed by atoms with Crippen LogP contribution in [-0.2, 0) is 16.0 Å². The highest BCUT2D eigenvalue weighted by Crippen LogP contribution is 2.11. The average Bonchev–Trinajstić information content (AvgIpc) is 2.58. The third-order valence-electron chi connectivity index (χ3n) is 4.17. The molecule has 0 saturated carbocycles. The van der Waals surface area contributed by atoms with Gasteiger partial charge in [-0.1, -0.05) is 43.7 Å². The van der Waals surface area contributed by atoms with Crippen molar-refractivity contribution in [3.05, 3.63) is 35.9 Å². The molecule has 1 heterocycles. The molecule has 1 atom stereocenters. The van der Waals surface area contributed by atoms with Crippen LogP contribution in [0.1, 0.15) is 31.7 Å². The minimum atomic E-state index is 0.174. The lowest BCUT2D eigenvalue weighted by atomic mass is 10.0. The van der Waals surface area contributed by atoms with Crippen LogP contribution in [0.4, 0.5) is 0 Å². The number of rotatable bonds is 8. The van der Waals surface area contributed by atoms with Gasteiger partial charge in [-0.3, -0.25) is 9.69 Å². The van der Waals surface area contributed by atoms with E-state index in [2.05, 4.69) is 41.4 Å². The SMILES string of the molecule is CCCCC(=O)NCC(Cc1ccccc1)N1CCOCC1. The third kappa shape index (κ3) is 5.78. The number of unbranched alkanes of at least 4 members (excludes halogenated alkanes) is 1. The van der Waals surface area contributed by atoms with Crippen molar-refractivity contribution in [2.75, 3.05) is 32.8 Å². The van der Waals surface area contributed by atoms with Gasteiger partial charge in [0.25, 0.3) is 0 Å². The van der Waals surface area contributed by atoms with E-state index in [1.807, 2.05) is 6.07 Å². The molecule has 1 aromatic carbocycles. The van der Waals surface area contributed by atoms with Crippen molar-refractivity contribution in [1.82, 2.24) is 10.2 Å². The molecule has 1 amide bonds. The monoisotopic (exact) mass is 304 g/mol. The highest BCUT2D eigenvalue weighted by molar-refractivity contribution is 5.75. The molecule has 1 fully saturated rings. The van der Waals surface area contributed by atoms with E-state index < -0.39 is 0 Å². The van der Waals surface area contributed by atoms with E-state index in [0.717, 1.165) is 52.1 Å². The van der Waals surface area contributed by atoms with Gasteiger partial charge in [0, 0.05) is 32.1 Å². The van der Waals surface area contributed by atoms with Crippen LogP contribution in [0.25, 0.3) is 0 Å². The Labute approximate surface area is 133 Å². The topological polar surface area (TPSA) is 41.6 Å². The molecule has 22 heavy (non-hydrogen) atoms. The predicted molar refractivity (Wildman–Crippen MR) is 88.9 cm³/mol. The molecule has 0 aromatic heterocycles. The molecule has 4 nitrogen and oxygen atoms in total. The fourth-order valence-electron chi connectivity index (χ4n) is 2.82. The fraction of sp³-hybridized carbons (Fsp3) is 0.611. The zero-order valence-corrected chi connectivity index (χ0v) is 13.6. The van der Waals surface area contributed by atoms with Gasteiger partial charge in [0.15, 0.2) is 0 Å². The number of amides is 1. The molecule has 1 saturated heterocycles. The molecule has 1 N–H and O–H groups in total. The Balaban J connectivity index is 1.90. The molecule has 1 aliphatic heterocycles. The lowest BCUT2D eigenvalue weighted by Crippen LogP contribution is -2.49. The highest BCUT2D eigenvalue weighted by Gasteiger charge is 2.21. The van der Waals surface area contributed by atoms with Crippen molar-refractivity contribution in [2.24, 2.45) is 0 Å². The molecule has 0 aliphatic carbocycles. The summed E-state index contributed by atoms with van der Waals surface area (Å²) in [7, 11) is 0. The van der Waals surface area contributed by atoms with Crippen LogP contribution in [0.3, 0.4) is 0 Å². The minimum absolute atomic E-state index is 0.174. The molecular weight excluding hydrogens is 276 g/mol. The van der Waals surface area contributed by atoms with Gasteiger partial charge in [0.05, 0.1) is 13.2 Å². The van der Waals surface area contributed by atoms with Crippen LogP contribution in [0, 0.1) is 0 Å². The molecule has 4 heteroatoms. The van der Waals surface area contributed by atoms with E-state index in [1.54, 1.807) is 0 Å². The van der Waals surface area contributed by atoms with E-state index >= 15 is 0 Å². The number of nitrogens with zero attached hydrogens (tertiary/aromatic N) is 1. The molecule has 0 radical (unpaired) electrons. The van der Waals surface area contributed by atoms with Crippen LogP contribution in [0.5, 0.6) is 0 Å². The number of carbonyl (C=O) groups is 1. The molecule has 122 valence electrons. The quantitative estimate of drug-likeness (QED) is 0.801. The number of ether oxygens (including phenoxy) is 1. The Kier molecular flexibility index (Phi) is 7.40. The summed E-state index contributed by atoms with van der Waals surface area (Å²) in [5.41, 5.74) is 1.32. The maximum Gasteiger partial charge on any atom is 0.220 e. The maximum absolute atomic E-state index is 11.9. The highest BCUT2D eigenvalue weighted by atomic mass is 16.5. The normalized spacial score (nSPS) is 17.1. The molecule has 1 aromatic rings. The molecule has 2 rings (SSSR count). The van der Waals surface area contributed by atoms with Crippen molar-refractivity contribution >= 4 is 5.91 Å². The van der Waals surface area contributed by atoms with Crippen LogP contribution < -0.4 is 5.32 Å². The van der Waals surface area contributed by atoms with Gasteiger partial charge in [0.2, 0.25) is 5.91 Å². The lowest BCUT2D eigenvalue weighted by molar-refractivity contribution is -0.121. The number of hydrogen-bond donors (Lipinski definition) is 1. The van der Waals surface area contributed by atoms with E-state index in [9.17, 15) is 4.79 Å². The number of benzene rings is 1. The molecule has 0 bridgehead atoms. The van der Waals surface area contributed by atoms with Gasteiger partial charge < -0.3 is 10.1 Å². The molecule has 1 aliphatic rings. The summed E-state index contributed by atoms with van der Waals surface area (Å²) < 4.78 is 5.45. The Morgan fingerprint density at radius 1 is 1.27 bits per heavy atom. The zero-order chi connectivity index (χ0) is 15.6. The first kappa shape index (κ1) is 17.0. The molecule has 0 spiro atoms. The van der Waals surface area contributed by atoms with Crippen molar-refractivity contribution in [1.29, 1.82) is 0 Å². The van der Waals surface area contributed by atoms with Crippen LogP contribution >= 0.6 is 0 Å². The van der Waals surface area contributed by atoms with Gasteiger partial charge in [0.1, 0.15) is 0 Å². The smallest absolute Gasteiger partial charge is 0.220 e. The van der Waals surface area contributed by atoms with Gasteiger partial charge in [-0.05, 0) is 18.4 Å². The minimum Gasteiger partial charge on any atom is -0.379 e. The second-order valence-electron chi connectivity index (χ2n) is 5.90. The number of hydrogen-bond acceptors (Lipinski definition) is 3. The molecule has 1 unspecified atom stereocenters. The number of morpholine rings is 1. The van der Waals surface area contributed by atoms with Crippen molar-refractivity contribution in [3.8, 4) is 0 Å². The summed E-state index contributed by atoms with van der Waals surface area (Å²) in [5, 5.41) is 3.11. The summed E-state index contributed by atoms with van der Waals surface area (Å²) >= 11 is 0. The summed E-state index contributed by atoms with van der Waals surface area (Å²) in [4.78, 5) is 14.3. The summed E-state index contributed by atoms with van der Waals surface area (Å²) in [6.07, 6.45) is 3.63.